The average Bonchev–Trinajstić information content (AvgIpc) is 1.96. The molecule has 1 aromatic rings. The van der Waals surface area contributed by atoms with Gasteiger partial charge in [0.25, 0.3) is 0 Å². The Morgan fingerprint density at radius 2 is 2.25 bits per heavy atom. The minimum atomic E-state index is -1.21. The van der Waals surface area contributed by atoms with Crippen molar-refractivity contribution in [2.24, 2.45) is 0 Å². The molecule has 12 heavy (non-hydrogen) atoms. The smallest absolute Gasteiger partial charge is 0.409 e. The van der Waals surface area contributed by atoms with Crippen LogP contribution in [0.2, 0.25) is 5.02 Å². The Hall–Kier alpha value is -1.29. The normalized spacial score (nSPS) is 9.50. The second-order valence-corrected chi connectivity index (χ2v) is 2.47. The zero-order chi connectivity index (χ0) is 9.14. The molecule has 0 aliphatic rings. The lowest BCUT2D eigenvalue weighted by molar-refractivity contribution is 0.209. The molecule has 1 rings (SSSR count). The molecule has 5 heteroatoms. The highest BCUT2D eigenvalue weighted by atomic mass is 35.5. The van der Waals surface area contributed by atoms with E-state index in [4.69, 9.17) is 16.7 Å². The van der Waals surface area contributed by atoms with E-state index in [1.54, 1.807) is 0 Å². The number of halogens is 2. The van der Waals surface area contributed by atoms with E-state index in [9.17, 15) is 9.18 Å². The summed E-state index contributed by atoms with van der Waals surface area (Å²) in [6.07, 6.45) is -1.21. The monoisotopic (exact) mass is 189 g/mol. The van der Waals surface area contributed by atoms with Gasteiger partial charge in [-0.2, -0.15) is 0 Å². The van der Waals surface area contributed by atoms with Crippen LogP contribution in [0.4, 0.5) is 14.9 Å². The van der Waals surface area contributed by atoms with Gasteiger partial charge in [-0.1, -0.05) is 11.6 Å². The number of carbonyl (C=O) groups is 1. The van der Waals surface area contributed by atoms with Crippen LogP contribution in [0.25, 0.3) is 0 Å². The Bertz CT molecular complexity index is 316. The van der Waals surface area contributed by atoms with Gasteiger partial charge < -0.3 is 5.11 Å². The topological polar surface area (TPSA) is 49.3 Å². The number of hydrogen-bond donors (Lipinski definition) is 2. The number of nitrogens with one attached hydrogen (secondary N) is 1. The third-order valence-electron chi connectivity index (χ3n) is 1.17. The van der Waals surface area contributed by atoms with Crippen molar-refractivity contribution in [2.75, 3.05) is 5.32 Å². The molecule has 0 aromatic heterocycles. The van der Waals surface area contributed by atoms with Gasteiger partial charge in [0.15, 0.2) is 0 Å². The Morgan fingerprint density at radius 3 is 2.75 bits per heavy atom. The molecule has 0 saturated heterocycles. The predicted molar refractivity (Wildman–Crippen MR) is 43.1 cm³/mol. The lowest BCUT2D eigenvalue weighted by Gasteiger charge is -2.00. The van der Waals surface area contributed by atoms with Gasteiger partial charge in [0, 0.05) is 5.69 Å². The predicted octanol–water partition coefficient (Wildman–Crippen LogP) is 2.57. The molecular formula is C7H5ClFNO2. The second kappa shape index (κ2) is 3.40. The van der Waals surface area contributed by atoms with Gasteiger partial charge in [0.2, 0.25) is 0 Å². The van der Waals surface area contributed by atoms with E-state index in [1.165, 1.54) is 12.1 Å². The summed E-state index contributed by atoms with van der Waals surface area (Å²) in [5.74, 6) is -0.576. The van der Waals surface area contributed by atoms with E-state index in [0.717, 1.165) is 6.07 Å². The molecule has 64 valence electrons. The van der Waals surface area contributed by atoms with Crippen molar-refractivity contribution >= 4 is 23.4 Å². The van der Waals surface area contributed by atoms with Crippen molar-refractivity contribution in [3.05, 3.63) is 29.0 Å². The molecule has 0 saturated carbocycles. The first kappa shape index (κ1) is 8.80. The van der Waals surface area contributed by atoms with Crippen LogP contribution in [0.5, 0.6) is 0 Å². The summed E-state index contributed by atoms with van der Waals surface area (Å²) in [4.78, 5) is 10.1. The minimum Gasteiger partial charge on any atom is -0.465 e. The van der Waals surface area contributed by atoms with Crippen LogP contribution in [0.3, 0.4) is 0 Å². The van der Waals surface area contributed by atoms with Gasteiger partial charge in [0.05, 0.1) is 5.02 Å². The zero-order valence-electron chi connectivity index (χ0n) is 5.84. The minimum absolute atomic E-state index is 0.110. The van der Waals surface area contributed by atoms with Gasteiger partial charge in [0.1, 0.15) is 5.82 Å². The Labute approximate surface area is 72.8 Å². The number of benzene rings is 1. The summed E-state index contributed by atoms with van der Waals surface area (Å²) >= 11 is 5.39. The molecule has 0 heterocycles. The van der Waals surface area contributed by atoms with E-state index < -0.39 is 11.9 Å². The SMILES string of the molecule is O=C(O)Nc1ccc(F)c(Cl)c1. The van der Waals surface area contributed by atoms with Crippen LogP contribution in [-0.4, -0.2) is 11.2 Å². The molecule has 1 aromatic carbocycles. The average molecular weight is 190 g/mol. The highest BCUT2D eigenvalue weighted by Gasteiger charge is 2.02. The highest BCUT2D eigenvalue weighted by Crippen LogP contribution is 2.18. The summed E-state index contributed by atoms with van der Waals surface area (Å²) in [5, 5.41) is 10.2. The van der Waals surface area contributed by atoms with Crippen molar-refractivity contribution in [1.82, 2.24) is 0 Å². The van der Waals surface area contributed by atoms with Gasteiger partial charge in [-0.3, -0.25) is 5.32 Å². The van der Waals surface area contributed by atoms with Gasteiger partial charge >= 0.3 is 6.09 Å². The highest BCUT2D eigenvalue weighted by molar-refractivity contribution is 6.31. The maximum absolute atomic E-state index is 12.5. The van der Waals surface area contributed by atoms with Crippen LogP contribution >= 0.6 is 11.6 Å². The van der Waals surface area contributed by atoms with Crippen LogP contribution in [0.1, 0.15) is 0 Å². The summed E-state index contributed by atoms with van der Waals surface area (Å²) in [6, 6.07) is 3.58. The largest absolute Gasteiger partial charge is 0.465 e. The molecule has 0 unspecified atom stereocenters. The fourth-order valence-electron chi connectivity index (χ4n) is 0.697. The van der Waals surface area contributed by atoms with E-state index >= 15 is 0 Å². The lowest BCUT2D eigenvalue weighted by atomic mass is 10.3. The van der Waals surface area contributed by atoms with Crippen LogP contribution < -0.4 is 5.32 Å². The van der Waals surface area contributed by atoms with Crippen molar-refractivity contribution in [3.8, 4) is 0 Å². The molecule has 0 aliphatic heterocycles. The van der Waals surface area contributed by atoms with Crippen molar-refractivity contribution in [2.45, 2.75) is 0 Å². The Balaban J connectivity index is 2.89. The van der Waals surface area contributed by atoms with Crippen LogP contribution in [-0.2, 0) is 0 Å². The molecule has 0 radical (unpaired) electrons. The van der Waals surface area contributed by atoms with E-state index in [2.05, 4.69) is 0 Å². The fourth-order valence-corrected chi connectivity index (χ4v) is 0.878. The molecule has 0 fully saturated rings. The maximum Gasteiger partial charge on any atom is 0.409 e. The lowest BCUT2D eigenvalue weighted by Crippen LogP contribution is -2.06. The Kier molecular flexibility index (Phi) is 2.50. The number of rotatable bonds is 1. The Morgan fingerprint density at radius 1 is 1.58 bits per heavy atom. The quantitative estimate of drug-likeness (QED) is 0.713. The number of carboxylic acid groups (broad SMARTS) is 1. The number of hydrogen-bond acceptors (Lipinski definition) is 1. The first-order valence-corrected chi connectivity index (χ1v) is 3.42. The second-order valence-electron chi connectivity index (χ2n) is 2.06. The van der Waals surface area contributed by atoms with E-state index in [-0.39, 0.29) is 10.7 Å². The molecule has 1 amide bonds. The van der Waals surface area contributed by atoms with E-state index in [0.29, 0.717) is 0 Å². The molecule has 0 aliphatic carbocycles. The number of anilines is 1. The summed E-state index contributed by atoms with van der Waals surface area (Å²) in [5.41, 5.74) is 0.244. The van der Waals surface area contributed by atoms with Crippen molar-refractivity contribution in [3.63, 3.8) is 0 Å². The van der Waals surface area contributed by atoms with E-state index in [1.807, 2.05) is 5.32 Å². The van der Waals surface area contributed by atoms with Crippen LogP contribution in [0, 0.1) is 5.82 Å². The molecule has 0 spiro atoms. The summed E-state index contributed by atoms with van der Waals surface area (Å²) < 4.78 is 12.5. The molecule has 2 N–H and O–H groups in total. The molecule has 0 bridgehead atoms. The van der Waals surface area contributed by atoms with Crippen molar-refractivity contribution < 1.29 is 14.3 Å². The maximum atomic E-state index is 12.5. The van der Waals surface area contributed by atoms with Gasteiger partial charge in [-0.15, -0.1) is 0 Å². The van der Waals surface area contributed by atoms with Crippen LogP contribution in [0.15, 0.2) is 18.2 Å². The number of amides is 1. The van der Waals surface area contributed by atoms with Gasteiger partial charge in [-0.05, 0) is 18.2 Å². The molecular weight excluding hydrogens is 185 g/mol. The molecule has 3 nitrogen and oxygen atoms in total. The first-order valence-electron chi connectivity index (χ1n) is 3.04. The summed E-state index contributed by atoms with van der Waals surface area (Å²) in [6.45, 7) is 0. The first-order chi connectivity index (χ1) is 5.59. The third-order valence-corrected chi connectivity index (χ3v) is 1.46. The standard InChI is InChI=1S/C7H5ClFNO2/c8-5-3-4(10-7(11)12)1-2-6(5)9/h1-3,10H,(H,11,12). The molecule has 0 atom stereocenters. The third kappa shape index (κ3) is 2.10. The van der Waals surface area contributed by atoms with Gasteiger partial charge in [-0.25, -0.2) is 9.18 Å². The van der Waals surface area contributed by atoms with Crippen molar-refractivity contribution in [1.29, 1.82) is 0 Å². The summed E-state index contributed by atoms with van der Waals surface area (Å²) in [7, 11) is 0. The fraction of sp³-hybridized carbons (Fsp3) is 0. The zero-order valence-corrected chi connectivity index (χ0v) is 6.60.